The first kappa shape index (κ1) is 23.6. The lowest BCUT2D eigenvalue weighted by atomic mass is 10.1. The molecule has 1 N–H and O–H groups in total. The molecular formula is C23H26F3N3O3. The van der Waals surface area contributed by atoms with Gasteiger partial charge < -0.3 is 10.1 Å². The molecule has 32 heavy (non-hydrogen) atoms. The van der Waals surface area contributed by atoms with Gasteiger partial charge in [-0.05, 0) is 63.4 Å². The van der Waals surface area contributed by atoms with E-state index in [9.17, 15) is 22.8 Å². The summed E-state index contributed by atoms with van der Waals surface area (Å²) in [4.78, 5) is 30.7. The van der Waals surface area contributed by atoms with E-state index in [1.54, 1.807) is 32.9 Å². The Morgan fingerprint density at radius 1 is 1.16 bits per heavy atom. The minimum Gasteiger partial charge on any atom is -0.444 e. The van der Waals surface area contributed by atoms with Crippen LogP contribution in [0, 0.1) is 0 Å². The van der Waals surface area contributed by atoms with Gasteiger partial charge in [-0.2, -0.15) is 13.2 Å². The highest BCUT2D eigenvalue weighted by molar-refractivity contribution is 5.86. The Morgan fingerprint density at radius 3 is 2.47 bits per heavy atom. The summed E-state index contributed by atoms with van der Waals surface area (Å²) in [6.45, 7) is 5.98. The highest BCUT2D eigenvalue weighted by atomic mass is 19.4. The molecule has 0 radical (unpaired) electrons. The van der Waals surface area contributed by atoms with Crippen LogP contribution in [0.4, 0.5) is 18.0 Å². The van der Waals surface area contributed by atoms with Crippen molar-refractivity contribution in [3.05, 3.63) is 53.7 Å². The first-order valence-electron chi connectivity index (χ1n) is 10.3. The Hall–Kier alpha value is -3.10. The number of amides is 2. The zero-order chi connectivity index (χ0) is 23.5. The molecule has 0 bridgehead atoms. The van der Waals surface area contributed by atoms with Crippen molar-refractivity contribution in [3.8, 4) is 11.3 Å². The van der Waals surface area contributed by atoms with E-state index in [2.05, 4.69) is 10.3 Å². The van der Waals surface area contributed by atoms with Gasteiger partial charge in [0.25, 0.3) is 0 Å². The number of hydrogen-bond donors (Lipinski definition) is 1. The quantitative estimate of drug-likeness (QED) is 0.729. The van der Waals surface area contributed by atoms with Crippen molar-refractivity contribution in [3.63, 3.8) is 0 Å². The Bertz CT molecular complexity index is 969. The second-order valence-corrected chi connectivity index (χ2v) is 8.67. The monoisotopic (exact) mass is 449 g/mol. The third kappa shape index (κ3) is 5.99. The Kier molecular flexibility index (Phi) is 6.76. The fourth-order valence-electron chi connectivity index (χ4n) is 3.46. The van der Waals surface area contributed by atoms with Crippen LogP contribution in [0.15, 0.2) is 42.6 Å². The maximum atomic E-state index is 12.8. The van der Waals surface area contributed by atoms with Crippen molar-refractivity contribution in [1.82, 2.24) is 15.2 Å². The molecule has 3 rings (SSSR count). The molecule has 1 aromatic carbocycles. The van der Waals surface area contributed by atoms with E-state index in [0.717, 1.165) is 17.7 Å². The van der Waals surface area contributed by atoms with Gasteiger partial charge >= 0.3 is 12.3 Å². The van der Waals surface area contributed by atoms with Crippen LogP contribution < -0.4 is 5.32 Å². The van der Waals surface area contributed by atoms with E-state index in [1.165, 1.54) is 23.2 Å². The predicted molar refractivity (Wildman–Crippen MR) is 112 cm³/mol. The largest absolute Gasteiger partial charge is 0.444 e. The van der Waals surface area contributed by atoms with E-state index in [0.29, 0.717) is 30.6 Å². The van der Waals surface area contributed by atoms with Gasteiger partial charge in [-0.3, -0.25) is 14.7 Å². The fraction of sp³-hybridized carbons (Fsp3) is 0.435. The average Bonchev–Trinajstić information content (AvgIpc) is 3.21. The van der Waals surface area contributed by atoms with E-state index in [1.807, 2.05) is 0 Å². The van der Waals surface area contributed by atoms with Crippen LogP contribution in [0.1, 0.15) is 44.7 Å². The smallest absolute Gasteiger partial charge is 0.416 e. The molecule has 2 amide bonds. The standard InChI is InChI=1S/C23H26F3N3O3/c1-22(2,3)32-21(31)29-12-4-5-19(29)20(30)28-14-15-10-11-27-18(13-15)16-6-8-17(9-7-16)23(24,25)26/h6-11,13,19H,4-5,12,14H2,1-3H3,(H,28,30). The summed E-state index contributed by atoms with van der Waals surface area (Å²) in [5.74, 6) is -0.277. The number of halogens is 3. The molecular weight excluding hydrogens is 423 g/mol. The van der Waals surface area contributed by atoms with Crippen LogP contribution in [0.25, 0.3) is 11.3 Å². The van der Waals surface area contributed by atoms with Gasteiger partial charge in [-0.1, -0.05) is 12.1 Å². The van der Waals surface area contributed by atoms with Gasteiger partial charge in [0, 0.05) is 24.8 Å². The average molecular weight is 449 g/mol. The molecule has 9 heteroatoms. The normalized spacial score (nSPS) is 16.7. The molecule has 0 spiro atoms. The Labute approximate surface area is 184 Å². The van der Waals surface area contributed by atoms with Gasteiger partial charge in [-0.25, -0.2) is 4.79 Å². The molecule has 0 saturated carbocycles. The Morgan fingerprint density at radius 2 is 1.84 bits per heavy atom. The summed E-state index contributed by atoms with van der Waals surface area (Å²) < 4.78 is 43.7. The molecule has 1 unspecified atom stereocenters. The van der Waals surface area contributed by atoms with Gasteiger partial charge in [0.15, 0.2) is 0 Å². The van der Waals surface area contributed by atoms with Crippen molar-refractivity contribution >= 4 is 12.0 Å². The van der Waals surface area contributed by atoms with Crippen LogP contribution in [0.3, 0.4) is 0 Å². The van der Waals surface area contributed by atoms with E-state index in [-0.39, 0.29) is 12.5 Å². The van der Waals surface area contributed by atoms with E-state index in [4.69, 9.17) is 4.74 Å². The summed E-state index contributed by atoms with van der Waals surface area (Å²) in [6, 6.07) is 7.58. The number of pyridine rings is 1. The number of likely N-dealkylation sites (tertiary alicyclic amines) is 1. The number of carbonyl (C=O) groups is 2. The first-order chi connectivity index (χ1) is 14.9. The SMILES string of the molecule is CC(C)(C)OC(=O)N1CCCC1C(=O)NCc1ccnc(-c2ccc(C(F)(F)F)cc2)c1. The number of alkyl halides is 3. The molecule has 2 heterocycles. The summed E-state index contributed by atoms with van der Waals surface area (Å²) in [7, 11) is 0. The van der Waals surface area contributed by atoms with Gasteiger partial charge in [-0.15, -0.1) is 0 Å². The van der Waals surface area contributed by atoms with Crippen molar-refractivity contribution in [1.29, 1.82) is 0 Å². The molecule has 1 atom stereocenters. The molecule has 1 aliphatic rings. The van der Waals surface area contributed by atoms with Gasteiger partial charge in [0.1, 0.15) is 11.6 Å². The van der Waals surface area contributed by atoms with Crippen molar-refractivity contribution in [2.45, 2.75) is 58.0 Å². The number of ether oxygens (including phenoxy) is 1. The van der Waals surface area contributed by atoms with Gasteiger partial charge in [0.2, 0.25) is 5.91 Å². The second kappa shape index (κ2) is 9.18. The second-order valence-electron chi connectivity index (χ2n) is 8.67. The van der Waals surface area contributed by atoms with Crippen molar-refractivity contribution < 1.29 is 27.5 Å². The Balaban J connectivity index is 1.63. The van der Waals surface area contributed by atoms with E-state index >= 15 is 0 Å². The lowest BCUT2D eigenvalue weighted by Gasteiger charge is -2.28. The molecule has 6 nitrogen and oxygen atoms in total. The number of hydrogen-bond acceptors (Lipinski definition) is 4. The topological polar surface area (TPSA) is 71.5 Å². The first-order valence-corrected chi connectivity index (χ1v) is 10.3. The maximum absolute atomic E-state index is 12.8. The van der Waals surface area contributed by atoms with Crippen LogP contribution in [-0.2, 0) is 22.3 Å². The minimum absolute atomic E-state index is 0.202. The van der Waals surface area contributed by atoms with E-state index < -0.39 is 29.5 Å². The molecule has 1 fully saturated rings. The van der Waals surface area contributed by atoms with Crippen molar-refractivity contribution in [2.24, 2.45) is 0 Å². The zero-order valence-electron chi connectivity index (χ0n) is 18.2. The predicted octanol–water partition coefficient (Wildman–Crippen LogP) is 4.78. The summed E-state index contributed by atoms with van der Waals surface area (Å²) in [6.07, 6.45) is -2.10. The van der Waals surface area contributed by atoms with Crippen LogP contribution in [-0.4, -0.2) is 40.1 Å². The lowest BCUT2D eigenvalue weighted by molar-refractivity contribution is -0.137. The molecule has 172 valence electrons. The summed E-state index contributed by atoms with van der Waals surface area (Å²) >= 11 is 0. The number of nitrogens with one attached hydrogen (secondary N) is 1. The molecule has 0 aliphatic carbocycles. The number of aromatic nitrogens is 1. The van der Waals surface area contributed by atoms with Crippen LogP contribution in [0.2, 0.25) is 0 Å². The number of benzene rings is 1. The van der Waals surface area contributed by atoms with Crippen LogP contribution in [0.5, 0.6) is 0 Å². The third-order valence-corrected chi connectivity index (χ3v) is 4.98. The number of rotatable bonds is 4. The molecule has 1 aliphatic heterocycles. The minimum atomic E-state index is -4.40. The van der Waals surface area contributed by atoms with Crippen molar-refractivity contribution in [2.75, 3.05) is 6.54 Å². The summed E-state index contributed by atoms with van der Waals surface area (Å²) in [5.41, 5.74) is 0.410. The molecule has 2 aromatic rings. The molecule has 1 saturated heterocycles. The zero-order valence-corrected chi connectivity index (χ0v) is 18.2. The third-order valence-electron chi connectivity index (χ3n) is 4.98. The van der Waals surface area contributed by atoms with Gasteiger partial charge in [0.05, 0.1) is 11.3 Å². The van der Waals surface area contributed by atoms with Crippen LogP contribution >= 0.6 is 0 Å². The highest BCUT2D eigenvalue weighted by Crippen LogP contribution is 2.30. The number of nitrogens with zero attached hydrogens (tertiary/aromatic N) is 2. The highest BCUT2D eigenvalue weighted by Gasteiger charge is 2.36. The maximum Gasteiger partial charge on any atom is 0.416 e. The fourth-order valence-corrected chi connectivity index (χ4v) is 3.46. The summed E-state index contributed by atoms with van der Waals surface area (Å²) in [5, 5.41) is 2.83. The molecule has 1 aromatic heterocycles. The number of carbonyl (C=O) groups excluding carboxylic acids is 2. The lowest BCUT2D eigenvalue weighted by Crippen LogP contribution is -2.47.